The maximum absolute atomic E-state index is 14.3. The van der Waals surface area contributed by atoms with Gasteiger partial charge in [0, 0.05) is 25.6 Å². The summed E-state index contributed by atoms with van der Waals surface area (Å²) in [6, 6.07) is -0.187. The second-order valence-electron chi connectivity index (χ2n) is 8.09. The van der Waals surface area contributed by atoms with E-state index in [1.165, 1.54) is 0 Å². The fourth-order valence-corrected chi connectivity index (χ4v) is 5.35. The van der Waals surface area contributed by atoms with Crippen molar-refractivity contribution < 1.29 is 30.7 Å². The van der Waals surface area contributed by atoms with Crippen LogP contribution in [0.2, 0.25) is 0 Å². The number of hydrogen-bond acceptors (Lipinski definition) is 6. The summed E-state index contributed by atoms with van der Waals surface area (Å²) in [6.07, 6.45) is -3.08. The smallest absolute Gasteiger partial charge is 0.378 e. The number of piperazine rings is 1. The Morgan fingerprint density at radius 1 is 1.17 bits per heavy atom. The molecule has 1 aliphatic carbocycles. The molecule has 5 rings (SSSR count). The number of anilines is 2. The van der Waals surface area contributed by atoms with Crippen molar-refractivity contribution in [3.8, 4) is 0 Å². The highest BCUT2D eigenvalue weighted by molar-refractivity contribution is 7.90. The van der Waals surface area contributed by atoms with E-state index in [4.69, 9.17) is 4.74 Å². The zero-order valence-corrected chi connectivity index (χ0v) is 16.6. The van der Waals surface area contributed by atoms with Gasteiger partial charge in [-0.2, -0.15) is 21.6 Å². The lowest BCUT2D eigenvalue weighted by Gasteiger charge is -2.48. The van der Waals surface area contributed by atoms with E-state index < -0.39 is 33.0 Å². The summed E-state index contributed by atoms with van der Waals surface area (Å²) in [6.45, 7) is 0.803. The van der Waals surface area contributed by atoms with Crippen molar-refractivity contribution >= 4 is 27.2 Å². The lowest BCUT2D eigenvalue weighted by Crippen LogP contribution is -2.64. The van der Waals surface area contributed by atoms with E-state index in [1.54, 1.807) is 4.90 Å². The molecule has 1 atom stereocenters. The molecule has 30 heavy (non-hydrogen) atoms. The third kappa shape index (κ3) is 3.44. The van der Waals surface area contributed by atoms with Gasteiger partial charge in [-0.05, 0) is 25.0 Å². The van der Waals surface area contributed by atoms with Crippen LogP contribution in [0, 0.1) is 11.7 Å². The molecular formula is C18H20F4N4O3S. The zero-order valence-electron chi connectivity index (χ0n) is 15.8. The molecule has 7 nitrogen and oxygen atoms in total. The Kier molecular flexibility index (Phi) is 4.53. The van der Waals surface area contributed by atoms with Gasteiger partial charge in [0.05, 0.1) is 30.6 Å². The standard InChI is InChI=1S/C18H20F4N4O3S/c19-11-5-13(16-14(6-11)30(27,28)24-17(23-16)10-1-2-10)26-4-3-25(12-8-29-9-12)7-15(26)18(20,21)22/h5-6,10,12,15H,1-4,7-9H2,(H,23,24)/t15-/m1/s1. The average molecular weight is 448 g/mol. The number of ether oxygens (including phenoxy) is 1. The summed E-state index contributed by atoms with van der Waals surface area (Å²) in [5.41, 5.74) is -0.128. The Bertz CT molecular complexity index is 1010. The number of amidine groups is 1. The molecule has 12 heteroatoms. The minimum absolute atomic E-state index is 0.0196. The Morgan fingerprint density at radius 3 is 2.50 bits per heavy atom. The molecule has 0 aromatic heterocycles. The van der Waals surface area contributed by atoms with E-state index in [2.05, 4.69) is 9.71 Å². The summed E-state index contributed by atoms with van der Waals surface area (Å²) >= 11 is 0. The van der Waals surface area contributed by atoms with Crippen LogP contribution in [0.1, 0.15) is 12.8 Å². The molecule has 4 aliphatic rings. The van der Waals surface area contributed by atoms with Crippen LogP contribution in [-0.4, -0.2) is 70.3 Å². The summed E-state index contributed by atoms with van der Waals surface area (Å²) in [5.74, 6) is -0.779. The molecule has 3 heterocycles. The summed E-state index contributed by atoms with van der Waals surface area (Å²) in [7, 11) is -4.20. The van der Waals surface area contributed by atoms with Gasteiger partial charge < -0.3 is 15.0 Å². The third-order valence-corrected chi connectivity index (χ3v) is 7.31. The van der Waals surface area contributed by atoms with Crippen molar-refractivity contribution in [3.63, 3.8) is 0 Å². The van der Waals surface area contributed by atoms with Gasteiger partial charge >= 0.3 is 6.18 Å². The summed E-state index contributed by atoms with van der Waals surface area (Å²) in [5, 5.41) is 2.90. The van der Waals surface area contributed by atoms with Crippen LogP contribution in [0.15, 0.2) is 21.4 Å². The maximum atomic E-state index is 14.3. The highest BCUT2D eigenvalue weighted by atomic mass is 32.2. The number of fused-ring (bicyclic) bond motifs is 1. The first-order valence-corrected chi connectivity index (χ1v) is 11.2. The summed E-state index contributed by atoms with van der Waals surface area (Å²) < 4.78 is 90.3. The number of benzene rings is 1. The Hall–Kier alpha value is -1.92. The molecule has 0 unspecified atom stereocenters. The minimum Gasteiger partial charge on any atom is -0.378 e. The second kappa shape index (κ2) is 6.79. The molecule has 1 N–H and O–H groups in total. The Labute approximate surface area is 170 Å². The number of sulfonamides is 1. The van der Waals surface area contributed by atoms with Crippen molar-refractivity contribution in [1.29, 1.82) is 0 Å². The minimum atomic E-state index is -4.58. The molecule has 164 valence electrons. The number of nitrogens with zero attached hydrogens (tertiary/aromatic N) is 3. The molecule has 2 saturated heterocycles. The molecule has 1 saturated carbocycles. The molecule has 1 aromatic carbocycles. The van der Waals surface area contributed by atoms with Crippen molar-refractivity contribution in [2.24, 2.45) is 10.3 Å². The van der Waals surface area contributed by atoms with Gasteiger partial charge in [0.25, 0.3) is 10.0 Å². The van der Waals surface area contributed by atoms with Crippen LogP contribution >= 0.6 is 0 Å². The predicted molar refractivity (Wildman–Crippen MR) is 101 cm³/mol. The van der Waals surface area contributed by atoms with Crippen LogP contribution in [0.3, 0.4) is 0 Å². The number of hydrogen-bond donors (Lipinski definition) is 1. The zero-order chi connectivity index (χ0) is 21.3. The van der Waals surface area contributed by atoms with Gasteiger partial charge in [-0.3, -0.25) is 4.90 Å². The fourth-order valence-electron chi connectivity index (χ4n) is 4.12. The Morgan fingerprint density at radius 2 is 1.90 bits per heavy atom. The van der Waals surface area contributed by atoms with Crippen molar-refractivity contribution in [3.05, 3.63) is 17.9 Å². The number of alkyl halides is 3. The predicted octanol–water partition coefficient (Wildman–Crippen LogP) is 2.20. The van der Waals surface area contributed by atoms with Crippen molar-refractivity contribution in [2.75, 3.05) is 43.1 Å². The van der Waals surface area contributed by atoms with Crippen LogP contribution in [0.25, 0.3) is 0 Å². The molecule has 0 spiro atoms. The topological polar surface area (TPSA) is 74.2 Å². The van der Waals surface area contributed by atoms with E-state index in [1.807, 2.05) is 0 Å². The number of nitrogens with one attached hydrogen (secondary N) is 1. The maximum Gasteiger partial charge on any atom is 0.409 e. The summed E-state index contributed by atoms with van der Waals surface area (Å²) in [4.78, 5) is 2.36. The lowest BCUT2D eigenvalue weighted by molar-refractivity contribution is -0.165. The molecule has 0 bridgehead atoms. The van der Waals surface area contributed by atoms with Gasteiger partial charge in [0.2, 0.25) is 0 Å². The van der Waals surface area contributed by atoms with Gasteiger partial charge in [-0.15, -0.1) is 4.40 Å². The van der Waals surface area contributed by atoms with Crippen LogP contribution in [0.5, 0.6) is 0 Å². The van der Waals surface area contributed by atoms with Gasteiger partial charge in [0.1, 0.15) is 22.6 Å². The highest BCUT2D eigenvalue weighted by Gasteiger charge is 2.49. The van der Waals surface area contributed by atoms with Gasteiger partial charge in [-0.25, -0.2) is 4.39 Å². The molecule has 3 fully saturated rings. The average Bonchev–Trinajstić information content (AvgIpc) is 3.44. The highest BCUT2D eigenvalue weighted by Crippen LogP contribution is 2.43. The fraction of sp³-hybridized carbons (Fsp3) is 0.611. The first-order valence-electron chi connectivity index (χ1n) is 9.74. The van der Waals surface area contributed by atoms with Gasteiger partial charge in [0.15, 0.2) is 0 Å². The molecular weight excluding hydrogens is 428 g/mol. The van der Waals surface area contributed by atoms with Crippen molar-refractivity contribution in [2.45, 2.75) is 36.0 Å². The molecule has 0 radical (unpaired) electrons. The lowest BCUT2D eigenvalue weighted by atomic mass is 10.1. The SMILES string of the molecule is O=S1(=O)N=C(C2CC2)Nc2c(N3CCN(C4COC4)C[C@@H]3C(F)(F)F)cc(F)cc21. The molecule has 0 amide bonds. The van der Waals surface area contributed by atoms with Crippen LogP contribution < -0.4 is 10.2 Å². The van der Waals surface area contributed by atoms with E-state index in [0.717, 1.165) is 29.9 Å². The first kappa shape index (κ1) is 20.0. The second-order valence-corrected chi connectivity index (χ2v) is 9.66. The monoisotopic (exact) mass is 448 g/mol. The first-order chi connectivity index (χ1) is 14.1. The third-order valence-electron chi connectivity index (χ3n) is 6.00. The van der Waals surface area contributed by atoms with E-state index >= 15 is 0 Å². The normalized spacial score (nSPS) is 27.1. The van der Waals surface area contributed by atoms with E-state index in [0.29, 0.717) is 19.8 Å². The largest absolute Gasteiger partial charge is 0.409 e. The number of halogens is 4. The van der Waals surface area contributed by atoms with E-state index in [9.17, 15) is 26.0 Å². The van der Waals surface area contributed by atoms with Crippen LogP contribution in [0.4, 0.5) is 28.9 Å². The number of rotatable bonds is 3. The Balaban J connectivity index is 1.56. The van der Waals surface area contributed by atoms with E-state index in [-0.39, 0.29) is 42.3 Å². The van der Waals surface area contributed by atoms with Crippen molar-refractivity contribution in [1.82, 2.24) is 4.90 Å². The molecule has 1 aromatic rings. The quantitative estimate of drug-likeness (QED) is 0.715. The van der Waals surface area contributed by atoms with Gasteiger partial charge in [-0.1, -0.05) is 0 Å². The van der Waals surface area contributed by atoms with Crippen LogP contribution in [-0.2, 0) is 14.8 Å². The molecule has 3 aliphatic heterocycles.